The predicted octanol–water partition coefficient (Wildman–Crippen LogP) is 4.82. The minimum Gasteiger partial charge on any atom is -0.284 e. The van der Waals surface area contributed by atoms with E-state index in [1.54, 1.807) is 22.9 Å². The van der Waals surface area contributed by atoms with Crippen molar-refractivity contribution in [2.75, 3.05) is 0 Å². The summed E-state index contributed by atoms with van der Waals surface area (Å²) in [6, 6.07) is 15.2. The van der Waals surface area contributed by atoms with Crippen molar-refractivity contribution in [3.05, 3.63) is 69.7 Å². The van der Waals surface area contributed by atoms with E-state index >= 15 is 0 Å². The van der Waals surface area contributed by atoms with Crippen molar-refractivity contribution in [1.29, 1.82) is 0 Å². The molecule has 0 amide bonds. The van der Waals surface area contributed by atoms with Crippen LogP contribution < -0.4 is 5.56 Å². The SMILES string of the molecule is O=c1c2ccc(Cl)cc2nc(SCc2nnnn2-c2ccccc2)n1C1CCCCC1. The second-order valence-corrected chi connectivity index (χ2v) is 9.03. The molecule has 2 aromatic heterocycles. The average Bonchev–Trinajstić information content (AvgIpc) is 3.27. The maximum absolute atomic E-state index is 13.4. The van der Waals surface area contributed by atoms with Gasteiger partial charge in [0.25, 0.3) is 5.56 Å². The van der Waals surface area contributed by atoms with E-state index in [0.29, 0.717) is 32.7 Å². The minimum absolute atomic E-state index is 0.00119. The quantitative estimate of drug-likeness (QED) is 0.319. The number of para-hydroxylation sites is 1. The normalized spacial score (nSPS) is 14.9. The van der Waals surface area contributed by atoms with Crippen LogP contribution in [0, 0.1) is 0 Å². The molecule has 31 heavy (non-hydrogen) atoms. The van der Waals surface area contributed by atoms with E-state index in [1.807, 2.05) is 34.9 Å². The highest BCUT2D eigenvalue weighted by Gasteiger charge is 2.22. The van der Waals surface area contributed by atoms with E-state index in [9.17, 15) is 4.79 Å². The zero-order valence-electron chi connectivity index (χ0n) is 16.8. The molecule has 1 saturated carbocycles. The molecule has 0 unspecified atom stereocenters. The lowest BCUT2D eigenvalue weighted by Gasteiger charge is -2.26. The lowest BCUT2D eigenvalue weighted by Crippen LogP contribution is -2.29. The van der Waals surface area contributed by atoms with Crippen LogP contribution in [-0.2, 0) is 5.75 Å². The van der Waals surface area contributed by atoms with Gasteiger partial charge >= 0.3 is 0 Å². The minimum atomic E-state index is -0.00119. The van der Waals surface area contributed by atoms with E-state index in [4.69, 9.17) is 16.6 Å². The van der Waals surface area contributed by atoms with Crippen LogP contribution in [0.25, 0.3) is 16.6 Å². The van der Waals surface area contributed by atoms with Gasteiger partial charge in [-0.3, -0.25) is 9.36 Å². The third kappa shape index (κ3) is 4.09. The molecule has 2 aromatic carbocycles. The molecule has 1 fully saturated rings. The second kappa shape index (κ2) is 8.80. The van der Waals surface area contributed by atoms with Gasteiger partial charge in [-0.2, -0.15) is 4.68 Å². The summed E-state index contributed by atoms with van der Waals surface area (Å²) in [4.78, 5) is 18.3. The highest BCUT2D eigenvalue weighted by molar-refractivity contribution is 7.98. The molecular formula is C22H21ClN6OS. The summed E-state index contributed by atoms with van der Waals surface area (Å²) in [5.41, 5.74) is 1.51. The van der Waals surface area contributed by atoms with Crippen molar-refractivity contribution in [3.63, 3.8) is 0 Å². The monoisotopic (exact) mass is 452 g/mol. The van der Waals surface area contributed by atoms with Crippen molar-refractivity contribution in [2.45, 2.75) is 49.1 Å². The first-order chi connectivity index (χ1) is 15.2. The van der Waals surface area contributed by atoms with Gasteiger partial charge in [0.15, 0.2) is 11.0 Å². The van der Waals surface area contributed by atoms with Crippen LogP contribution >= 0.6 is 23.4 Å². The summed E-state index contributed by atoms with van der Waals surface area (Å²) < 4.78 is 3.60. The van der Waals surface area contributed by atoms with Crippen molar-refractivity contribution >= 4 is 34.3 Å². The molecule has 0 atom stereocenters. The average molecular weight is 453 g/mol. The fourth-order valence-electron chi connectivity index (χ4n) is 4.11. The van der Waals surface area contributed by atoms with Gasteiger partial charge in [0.2, 0.25) is 0 Å². The number of hydrogen-bond acceptors (Lipinski definition) is 6. The smallest absolute Gasteiger partial charge is 0.262 e. The molecule has 4 aromatic rings. The Balaban J connectivity index is 1.53. The summed E-state index contributed by atoms with van der Waals surface area (Å²) in [5, 5.41) is 14.0. The highest BCUT2D eigenvalue weighted by Crippen LogP contribution is 2.32. The van der Waals surface area contributed by atoms with E-state index in [1.165, 1.54) is 18.2 Å². The number of halogens is 1. The van der Waals surface area contributed by atoms with Gasteiger partial charge < -0.3 is 0 Å². The molecule has 158 valence electrons. The summed E-state index contributed by atoms with van der Waals surface area (Å²) in [7, 11) is 0. The molecule has 7 nitrogen and oxygen atoms in total. The first kappa shape index (κ1) is 20.2. The predicted molar refractivity (Wildman–Crippen MR) is 122 cm³/mol. The van der Waals surface area contributed by atoms with Crippen LogP contribution in [0.15, 0.2) is 58.5 Å². The topological polar surface area (TPSA) is 78.5 Å². The summed E-state index contributed by atoms with van der Waals surface area (Å²) in [6.45, 7) is 0. The van der Waals surface area contributed by atoms with E-state index < -0.39 is 0 Å². The first-order valence-electron chi connectivity index (χ1n) is 10.4. The Labute approximate surface area is 188 Å². The maximum Gasteiger partial charge on any atom is 0.262 e. The molecule has 2 heterocycles. The van der Waals surface area contributed by atoms with Crippen LogP contribution in [0.2, 0.25) is 5.02 Å². The Morgan fingerprint density at radius 1 is 1.06 bits per heavy atom. The van der Waals surface area contributed by atoms with Crippen LogP contribution in [0.3, 0.4) is 0 Å². The number of rotatable bonds is 5. The zero-order valence-corrected chi connectivity index (χ0v) is 18.4. The van der Waals surface area contributed by atoms with E-state index in [2.05, 4.69) is 15.5 Å². The van der Waals surface area contributed by atoms with Crippen LogP contribution in [-0.4, -0.2) is 29.8 Å². The van der Waals surface area contributed by atoms with Crippen molar-refractivity contribution < 1.29 is 0 Å². The Kier molecular flexibility index (Phi) is 5.74. The molecule has 1 aliphatic rings. The maximum atomic E-state index is 13.4. The number of benzene rings is 2. The molecule has 9 heteroatoms. The number of aromatic nitrogens is 6. The lowest BCUT2D eigenvalue weighted by atomic mass is 9.95. The standard InChI is InChI=1S/C22H21ClN6OS/c23-15-11-12-18-19(13-15)24-22(28(21(18)30)16-7-3-1-4-8-16)31-14-20-25-26-27-29(20)17-9-5-2-6-10-17/h2,5-6,9-13,16H,1,3-4,7-8,14H2. The van der Waals surface area contributed by atoms with Gasteiger partial charge in [0, 0.05) is 11.1 Å². The van der Waals surface area contributed by atoms with Crippen LogP contribution in [0.4, 0.5) is 0 Å². The molecule has 0 aliphatic heterocycles. The van der Waals surface area contributed by atoms with Crippen LogP contribution in [0.5, 0.6) is 0 Å². The van der Waals surface area contributed by atoms with Gasteiger partial charge in [-0.05, 0) is 53.6 Å². The summed E-state index contributed by atoms with van der Waals surface area (Å²) in [6.07, 6.45) is 5.47. The van der Waals surface area contributed by atoms with Gasteiger partial charge in [0.05, 0.1) is 22.3 Å². The number of thioether (sulfide) groups is 1. The Morgan fingerprint density at radius 3 is 2.68 bits per heavy atom. The largest absolute Gasteiger partial charge is 0.284 e. The Morgan fingerprint density at radius 2 is 1.87 bits per heavy atom. The third-order valence-corrected chi connectivity index (χ3v) is 6.82. The van der Waals surface area contributed by atoms with E-state index in [0.717, 1.165) is 31.4 Å². The number of fused-ring (bicyclic) bond motifs is 1. The van der Waals surface area contributed by atoms with Gasteiger partial charge in [-0.15, -0.1) is 5.10 Å². The zero-order chi connectivity index (χ0) is 21.2. The van der Waals surface area contributed by atoms with E-state index in [-0.39, 0.29) is 11.6 Å². The molecular weight excluding hydrogens is 432 g/mol. The summed E-state index contributed by atoms with van der Waals surface area (Å²) >= 11 is 7.66. The first-order valence-corrected chi connectivity index (χ1v) is 11.7. The van der Waals surface area contributed by atoms with Crippen LogP contribution in [0.1, 0.15) is 44.0 Å². The van der Waals surface area contributed by atoms with Crippen molar-refractivity contribution in [3.8, 4) is 5.69 Å². The molecule has 0 spiro atoms. The van der Waals surface area contributed by atoms with Gasteiger partial charge in [-0.1, -0.05) is 60.8 Å². The van der Waals surface area contributed by atoms with Crippen molar-refractivity contribution in [1.82, 2.24) is 29.8 Å². The van der Waals surface area contributed by atoms with Crippen molar-refractivity contribution in [2.24, 2.45) is 0 Å². The lowest BCUT2D eigenvalue weighted by molar-refractivity contribution is 0.326. The van der Waals surface area contributed by atoms with Gasteiger partial charge in [0.1, 0.15) is 0 Å². The molecule has 1 aliphatic carbocycles. The fourth-order valence-corrected chi connectivity index (χ4v) is 5.25. The molecule has 0 saturated heterocycles. The molecule has 5 rings (SSSR count). The molecule has 0 radical (unpaired) electrons. The number of tetrazole rings is 1. The Hall–Kier alpha value is -2.71. The Bertz CT molecular complexity index is 1270. The fraction of sp³-hybridized carbons (Fsp3) is 0.318. The molecule has 0 bridgehead atoms. The number of hydrogen-bond donors (Lipinski definition) is 0. The van der Waals surface area contributed by atoms with Gasteiger partial charge in [-0.25, -0.2) is 4.98 Å². The number of nitrogens with zero attached hydrogens (tertiary/aromatic N) is 6. The summed E-state index contributed by atoms with van der Waals surface area (Å²) in [5.74, 6) is 1.19. The highest BCUT2D eigenvalue weighted by atomic mass is 35.5. The molecule has 0 N–H and O–H groups in total. The second-order valence-electron chi connectivity index (χ2n) is 7.65. The third-order valence-electron chi connectivity index (χ3n) is 5.64.